The lowest BCUT2D eigenvalue weighted by Crippen LogP contribution is -2.12. The van der Waals surface area contributed by atoms with Crippen molar-refractivity contribution >= 4 is 28.9 Å². The number of nitrogens with zero attached hydrogens (tertiary/aromatic N) is 5. The minimum Gasteiger partial charge on any atom is -0.454 e. The van der Waals surface area contributed by atoms with Gasteiger partial charge in [0.05, 0.1) is 39.9 Å². The van der Waals surface area contributed by atoms with Gasteiger partial charge in [0, 0.05) is 23.1 Å². The normalized spacial score (nSPS) is 12.9. The predicted molar refractivity (Wildman–Crippen MR) is 117 cm³/mol. The minimum atomic E-state index is -0.536. The van der Waals surface area contributed by atoms with E-state index in [0.717, 1.165) is 0 Å². The molecule has 2 aromatic carbocycles. The number of ether oxygens (including phenoxy) is 2. The van der Waals surface area contributed by atoms with Crippen molar-refractivity contribution in [1.82, 2.24) is 4.68 Å². The van der Waals surface area contributed by atoms with E-state index >= 15 is 0 Å². The van der Waals surface area contributed by atoms with Crippen molar-refractivity contribution in [2.45, 2.75) is 0 Å². The molecule has 4 rings (SSSR count). The molecule has 0 N–H and O–H groups in total. The van der Waals surface area contributed by atoms with Gasteiger partial charge in [0.25, 0.3) is 11.4 Å². The first-order valence-corrected chi connectivity index (χ1v) is 10.0. The maximum Gasteiger partial charge on any atom is 0.282 e. The monoisotopic (exact) mass is 453 g/mol. The highest BCUT2D eigenvalue weighted by molar-refractivity contribution is 7.07. The Kier molecular flexibility index (Phi) is 5.77. The summed E-state index contributed by atoms with van der Waals surface area (Å²) in [6, 6.07) is 8.86. The van der Waals surface area contributed by atoms with Crippen molar-refractivity contribution in [1.29, 1.82) is 0 Å². The summed E-state index contributed by atoms with van der Waals surface area (Å²) in [5.41, 5.74) is 1.03. The summed E-state index contributed by atoms with van der Waals surface area (Å²) in [5, 5.41) is 28.9. The molecule has 0 atom stereocenters. The zero-order valence-electron chi connectivity index (χ0n) is 16.4. The molecular weight excluding hydrogens is 438 g/mol. The number of non-ortho nitro benzene ring substituents is 1. The molecule has 1 aliphatic rings. The Bertz CT molecular complexity index is 1330. The Morgan fingerprint density at radius 3 is 2.66 bits per heavy atom. The third-order valence-corrected chi connectivity index (χ3v) is 5.28. The number of nitro benzene ring substituents is 2. The zero-order valence-corrected chi connectivity index (χ0v) is 17.2. The molecule has 162 valence electrons. The van der Waals surface area contributed by atoms with Crippen molar-refractivity contribution in [2.24, 2.45) is 10.1 Å². The first-order chi connectivity index (χ1) is 15.5. The number of fused-ring (bicyclic) bond motifs is 1. The zero-order chi connectivity index (χ0) is 22.7. The fourth-order valence-corrected chi connectivity index (χ4v) is 3.81. The van der Waals surface area contributed by atoms with Gasteiger partial charge in [-0.3, -0.25) is 25.2 Å². The van der Waals surface area contributed by atoms with Crippen LogP contribution in [0.5, 0.6) is 11.5 Å². The van der Waals surface area contributed by atoms with Crippen LogP contribution in [0.15, 0.2) is 64.5 Å². The second kappa shape index (κ2) is 8.81. The topological polar surface area (TPSA) is 134 Å². The SMILES string of the molecule is C=CCN=c1scc(-c2cccc([N+](=O)[O-])c2)n1N=Cc1cc2c(cc1[N+](=O)[O-])OCO2. The summed E-state index contributed by atoms with van der Waals surface area (Å²) in [6.45, 7) is 3.95. The summed E-state index contributed by atoms with van der Waals surface area (Å²) >= 11 is 1.28. The Balaban J connectivity index is 1.83. The third kappa shape index (κ3) is 4.11. The third-order valence-electron chi connectivity index (χ3n) is 4.42. The van der Waals surface area contributed by atoms with E-state index in [1.54, 1.807) is 23.6 Å². The predicted octanol–water partition coefficient (Wildman–Crippen LogP) is 3.73. The fourth-order valence-electron chi connectivity index (χ4n) is 2.97. The van der Waals surface area contributed by atoms with E-state index in [1.807, 2.05) is 0 Å². The smallest absolute Gasteiger partial charge is 0.282 e. The summed E-state index contributed by atoms with van der Waals surface area (Å²) in [6.07, 6.45) is 2.93. The summed E-state index contributed by atoms with van der Waals surface area (Å²) in [4.78, 5) is 26.6. The molecule has 2 heterocycles. The minimum absolute atomic E-state index is 0.0200. The molecule has 0 saturated carbocycles. The second-order valence-electron chi connectivity index (χ2n) is 6.42. The van der Waals surface area contributed by atoms with Gasteiger partial charge in [-0.2, -0.15) is 5.10 Å². The number of hydrogen-bond acceptors (Lipinski definition) is 9. The first-order valence-electron chi connectivity index (χ1n) is 9.17. The van der Waals surface area contributed by atoms with Crippen molar-refractivity contribution in [3.8, 4) is 22.8 Å². The molecule has 1 aliphatic heterocycles. The number of aromatic nitrogens is 1. The summed E-state index contributed by atoms with van der Waals surface area (Å²) in [7, 11) is 0. The highest BCUT2D eigenvalue weighted by Gasteiger charge is 2.22. The second-order valence-corrected chi connectivity index (χ2v) is 7.25. The van der Waals surface area contributed by atoms with Crippen LogP contribution in [0.1, 0.15) is 5.56 Å². The van der Waals surface area contributed by atoms with Gasteiger partial charge in [0.2, 0.25) is 11.6 Å². The van der Waals surface area contributed by atoms with Crippen LogP contribution in [0.3, 0.4) is 0 Å². The molecule has 11 nitrogen and oxygen atoms in total. The van der Waals surface area contributed by atoms with Crippen LogP contribution < -0.4 is 14.3 Å². The quantitative estimate of drug-likeness (QED) is 0.232. The molecule has 0 spiro atoms. The molecule has 0 fully saturated rings. The average molecular weight is 453 g/mol. The van der Waals surface area contributed by atoms with E-state index in [4.69, 9.17) is 9.47 Å². The molecule has 12 heteroatoms. The van der Waals surface area contributed by atoms with E-state index in [9.17, 15) is 20.2 Å². The van der Waals surface area contributed by atoms with Crippen molar-refractivity contribution in [3.63, 3.8) is 0 Å². The van der Waals surface area contributed by atoms with Gasteiger partial charge in [-0.25, -0.2) is 4.68 Å². The number of rotatable bonds is 7. The number of thiazole rings is 1. The molecule has 0 bridgehead atoms. The van der Waals surface area contributed by atoms with E-state index < -0.39 is 9.85 Å². The van der Waals surface area contributed by atoms with E-state index in [2.05, 4.69) is 16.7 Å². The van der Waals surface area contributed by atoms with Gasteiger partial charge in [0.15, 0.2) is 11.5 Å². The van der Waals surface area contributed by atoms with E-state index in [0.29, 0.717) is 28.4 Å². The van der Waals surface area contributed by atoms with Crippen LogP contribution in [0.2, 0.25) is 0 Å². The Morgan fingerprint density at radius 2 is 1.94 bits per heavy atom. The van der Waals surface area contributed by atoms with Gasteiger partial charge in [0.1, 0.15) is 0 Å². The Labute approximate surface area is 184 Å². The van der Waals surface area contributed by atoms with Crippen LogP contribution in [-0.4, -0.2) is 34.1 Å². The van der Waals surface area contributed by atoms with Gasteiger partial charge in [-0.05, 0) is 6.07 Å². The fraction of sp³-hybridized carbons (Fsp3) is 0.100. The Morgan fingerprint density at radius 1 is 1.16 bits per heavy atom. The van der Waals surface area contributed by atoms with E-state index in [-0.39, 0.29) is 29.5 Å². The number of hydrogen-bond donors (Lipinski definition) is 0. The standard InChI is InChI=1S/C20H15N5O6S/c1-2-6-21-20-23(17(11-32-20)13-4-3-5-15(7-13)24(26)27)22-10-14-8-18-19(31-12-30-18)9-16(14)25(28)29/h2-5,7-11H,1,6,12H2. The average Bonchev–Trinajstić information content (AvgIpc) is 3.41. The van der Waals surface area contributed by atoms with E-state index in [1.165, 1.54) is 46.5 Å². The lowest BCUT2D eigenvalue weighted by Gasteiger charge is -2.04. The van der Waals surface area contributed by atoms with Gasteiger partial charge in [-0.15, -0.1) is 17.9 Å². The maximum atomic E-state index is 11.5. The summed E-state index contributed by atoms with van der Waals surface area (Å²) < 4.78 is 12.0. The molecule has 0 aliphatic carbocycles. The largest absolute Gasteiger partial charge is 0.454 e. The molecule has 0 radical (unpaired) electrons. The van der Waals surface area contributed by atoms with Gasteiger partial charge in [-0.1, -0.05) is 18.2 Å². The van der Waals surface area contributed by atoms with Gasteiger partial charge >= 0.3 is 0 Å². The molecule has 3 aromatic rings. The van der Waals surface area contributed by atoms with Crippen molar-refractivity contribution in [3.05, 3.63) is 85.0 Å². The van der Waals surface area contributed by atoms with Crippen LogP contribution >= 0.6 is 11.3 Å². The van der Waals surface area contributed by atoms with Crippen molar-refractivity contribution in [2.75, 3.05) is 13.3 Å². The molecule has 0 unspecified atom stereocenters. The number of benzene rings is 2. The molecule has 0 saturated heterocycles. The van der Waals surface area contributed by atoms with Crippen LogP contribution in [0.25, 0.3) is 11.3 Å². The molecular formula is C20H15N5O6S. The lowest BCUT2D eigenvalue weighted by molar-refractivity contribution is -0.385. The highest BCUT2D eigenvalue weighted by atomic mass is 32.1. The van der Waals surface area contributed by atoms with Crippen molar-refractivity contribution < 1.29 is 19.3 Å². The van der Waals surface area contributed by atoms with Crippen LogP contribution in [0, 0.1) is 20.2 Å². The van der Waals surface area contributed by atoms with Crippen LogP contribution in [0.4, 0.5) is 11.4 Å². The Hall–Kier alpha value is -4.32. The first kappa shape index (κ1) is 20.9. The summed E-state index contributed by atoms with van der Waals surface area (Å²) in [5.74, 6) is 0.666. The number of nitro groups is 2. The molecule has 1 aromatic heterocycles. The van der Waals surface area contributed by atoms with Crippen LogP contribution in [-0.2, 0) is 0 Å². The maximum absolute atomic E-state index is 11.5. The lowest BCUT2D eigenvalue weighted by atomic mass is 10.1. The molecule has 0 amide bonds. The van der Waals surface area contributed by atoms with Gasteiger partial charge < -0.3 is 9.47 Å². The molecule has 32 heavy (non-hydrogen) atoms. The highest BCUT2D eigenvalue weighted by Crippen LogP contribution is 2.37.